The van der Waals surface area contributed by atoms with E-state index in [-0.39, 0.29) is 87.5 Å². The molecule has 0 bridgehead atoms. The second kappa shape index (κ2) is 44.2. The normalized spacial score (nSPS) is 14.6. The van der Waals surface area contributed by atoms with Gasteiger partial charge < -0.3 is 59.4 Å². The Balaban J connectivity index is 1.64. The van der Waals surface area contributed by atoms with Crippen molar-refractivity contribution in [3.05, 3.63) is 102 Å². The molecule has 25 heteroatoms. The molecule has 0 fully saturated rings. The fourth-order valence-corrected chi connectivity index (χ4v) is 12.8. The number of hydrogen-bond acceptors (Lipinski definition) is 12. The van der Waals surface area contributed by atoms with E-state index in [2.05, 4.69) is 54.2 Å². The maximum Gasteiger partial charge on any atom is 0.519 e. The van der Waals surface area contributed by atoms with Gasteiger partial charge in [0, 0.05) is 84.1 Å². The van der Waals surface area contributed by atoms with E-state index in [9.17, 15) is 53.1 Å². The van der Waals surface area contributed by atoms with Gasteiger partial charge in [-0.2, -0.15) is 11.8 Å². The van der Waals surface area contributed by atoms with E-state index in [1.807, 2.05) is 48.7 Å². The molecule has 0 radical (unpaired) electrons. The molecule has 10 atom stereocenters. The number of nitrogens with two attached hydrogens (primary N) is 2. The molecule has 0 saturated heterocycles. The van der Waals surface area contributed by atoms with Crippen LogP contribution in [-0.4, -0.2) is 148 Å². The lowest BCUT2D eigenvalue weighted by molar-refractivity contribution is -0.459. The van der Waals surface area contributed by atoms with Crippen molar-refractivity contribution in [2.24, 2.45) is 52.9 Å². The number of nitrogens with one attached hydrogen (secondary N) is 6. The third-order valence-electron chi connectivity index (χ3n) is 18.3. The fraction of sp³-hybridized carbons (Fsp3) is 0.575. The van der Waals surface area contributed by atoms with Gasteiger partial charge in [-0.05, 0) is 149 Å². The summed E-state index contributed by atoms with van der Waals surface area (Å²) in [6, 6.07) is 17.8. The summed E-state index contributed by atoms with van der Waals surface area (Å²) in [5.41, 5.74) is 30.0. The zero-order valence-electron chi connectivity index (χ0n) is 58.6. The number of fused-ring (bicyclic) bond motifs is 1. The first kappa shape index (κ1) is 82.6. The monoisotopic (exact) mass is 1380 g/mol. The quantitative estimate of drug-likeness (QED) is 0.0120. The number of hydrogen-bond donors (Lipinski definition) is 13. The number of rotatable bonds is 51. The van der Waals surface area contributed by atoms with E-state index in [1.165, 1.54) is 23.9 Å². The van der Waals surface area contributed by atoms with Crippen molar-refractivity contribution in [1.82, 2.24) is 26.3 Å². The lowest BCUT2D eigenvalue weighted by Crippen LogP contribution is -2.78. The van der Waals surface area contributed by atoms with E-state index in [0.29, 0.717) is 76.0 Å². The number of carbonyl (C=O) groups is 10. The summed E-state index contributed by atoms with van der Waals surface area (Å²) in [5.74, 6) is -10.5. The third kappa shape index (κ3) is 28.9. The number of benzene rings is 3. The number of thioether (sulfide) groups is 1. The largest absolute Gasteiger partial charge is 0.565 e. The summed E-state index contributed by atoms with van der Waals surface area (Å²) in [5, 5.41) is 30.9. The number of ketones is 5. The Kier molecular flexibility index (Phi) is 37.3. The molecule has 4 rings (SSSR count). The molecule has 0 unspecified atom stereocenters. The van der Waals surface area contributed by atoms with Crippen LogP contribution in [0.2, 0.25) is 0 Å². The molecule has 25 N–H and O–H groups in total. The van der Waals surface area contributed by atoms with E-state index >= 15 is 0 Å². The minimum atomic E-state index is -1.16. The maximum atomic E-state index is 15.0. The smallest absolute Gasteiger partial charge is 0.519 e. The van der Waals surface area contributed by atoms with Crippen molar-refractivity contribution in [1.29, 1.82) is 0 Å². The highest BCUT2D eigenvalue weighted by atomic mass is 32.2. The number of quaternary nitrogens is 4. The number of aromatic hydroxyl groups is 1. The van der Waals surface area contributed by atoms with Gasteiger partial charge in [0.1, 0.15) is 17.7 Å². The van der Waals surface area contributed by atoms with Crippen LogP contribution in [0.25, 0.3) is 10.9 Å². The number of H-pyrrole nitrogens is 1. The molecule has 1 heterocycles. The molecule has 540 valence electrons. The predicted octanol–water partition coefficient (Wildman–Crippen LogP) is 0.0152. The average Bonchev–Trinajstić information content (AvgIpc) is 1.58. The second-order valence-electron chi connectivity index (χ2n) is 26.9. The van der Waals surface area contributed by atoms with Gasteiger partial charge in [0.2, 0.25) is 23.6 Å². The Morgan fingerprint density at radius 3 is 1.64 bits per heavy atom. The molecule has 0 saturated carbocycles. The number of unbranched alkanes of at least 4 members (excludes halogenated alkanes) is 3. The highest BCUT2D eigenvalue weighted by Crippen LogP contribution is 2.27. The molecular formula is C73H116N12O12S+6. The molecule has 0 aliphatic heterocycles. The Morgan fingerprint density at radius 2 is 1.04 bits per heavy atom. The Hall–Kier alpha value is -7.84. The molecule has 3 aromatic carbocycles. The Labute approximate surface area is 581 Å². The van der Waals surface area contributed by atoms with Gasteiger partial charge in [-0.15, -0.1) is 0 Å². The van der Waals surface area contributed by atoms with Crippen LogP contribution in [-0.2, 0) is 67.2 Å². The van der Waals surface area contributed by atoms with Gasteiger partial charge in [-0.3, -0.25) is 59.6 Å². The first-order valence-electron chi connectivity index (χ1n) is 35.1. The van der Waals surface area contributed by atoms with Crippen molar-refractivity contribution in [2.75, 3.05) is 38.2 Å². The van der Waals surface area contributed by atoms with Crippen LogP contribution in [0.4, 0.5) is 0 Å². The number of carbonyl (C=O) groups excluding carboxylic acids is 10. The van der Waals surface area contributed by atoms with Crippen molar-refractivity contribution in [3.63, 3.8) is 0 Å². The molecule has 0 aliphatic rings. The number of aromatic amines is 1. The minimum Gasteiger partial charge on any atom is -0.565 e. The Morgan fingerprint density at radius 1 is 0.531 bits per heavy atom. The van der Waals surface area contributed by atoms with Crippen molar-refractivity contribution < 1.29 is 86.1 Å². The van der Waals surface area contributed by atoms with Crippen molar-refractivity contribution in [2.45, 2.75) is 186 Å². The maximum absolute atomic E-state index is 15.0. The van der Waals surface area contributed by atoms with E-state index in [1.54, 1.807) is 58.2 Å². The van der Waals surface area contributed by atoms with Gasteiger partial charge in [0.15, 0.2) is 28.9 Å². The van der Waals surface area contributed by atoms with Crippen LogP contribution < -0.4 is 60.7 Å². The van der Waals surface area contributed by atoms with Crippen LogP contribution in [0.3, 0.4) is 0 Å². The number of amides is 4. The zero-order chi connectivity index (χ0) is 72.3. The van der Waals surface area contributed by atoms with Crippen LogP contribution in [0.15, 0.2) is 85.1 Å². The molecule has 24 nitrogen and oxygen atoms in total. The highest BCUT2D eigenvalue weighted by Gasteiger charge is 2.39. The summed E-state index contributed by atoms with van der Waals surface area (Å²) in [6.45, 7) is 9.35. The summed E-state index contributed by atoms with van der Waals surface area (Å²) >= 11 is 1.46. The minimum absolute atomic E-state index is 0.00474. The SMILES string of the molecule is CSCC[C@H](NC(=O)[C@@H](CC(=O)[C@@H](NC(=O)[C@@H](CC(=O)[C@H](Cc1ccccc1)NC(=O)[C@H](CCC[NH+]=C(N)N)CC(=O)[C@@H]([NH3+])CCCC[NH3+])Cc1ccc(O)cc1)C(C)C)C(C)C)C(=O)C[C@@H](Cc1c[nH]c2ccccc12)C(=O)N[C@@H](CCCC[NH3+])C(=O)C[C@H](CCCC[NH3+])C(=O)[OH2+]. The molecule has 4 aromatic rings. The Bertz CT molecular complexity index is 3210. The van der Waals surface area contributed by atoms with Crippen LogP contribution in [0.5, 0.6) is 5.75 Å². The van der Waals surface area contributed by atoms with Gasteiger partial charge in [0.25, 0.3) is 0 Å². The molecular weight excluding hydrogens is 1270 g/mol. The van der Waals surface area contributed by atoms with E-state index in [0.717, 1.165) is 41.3 Å². The first-order chi connectivity index (χ1) is 46.8. The lowest BCUT2D eigenvalue weighted by Gasteiger charge is -2.29. The topological polar surface area (TPSA) is 454 Å². The molecule has 4 amide bonds. The number of Topliss-reactive ketones (excluding diaryl/α,β-unsaturated/α-hetero) is 5. The average molecular weight is 1390 g/mol. The summed E-state index contributed by atoms with van der Waals surface area (Å²) < 4.78 is 0. The number of aromatic nitrogens is 1. The fourth-order valence-electron chi connectivity index (χ4n) is 12.3. The predicted molar refractivity (Wildman–Crippen MR) is 378 cm³/mol. The molecule has 0 aliphatic carbocycles. The lowest BCUT2D eigenvalue weighted by atomic mass is 9.84. The summed E-state index contributed by atoms with van der Waals surface area (Å²) in [6.07, 6.45) is 8.52. The number of phenols is 1. The summed E-state index contributed by atoms with van der Waals surface area (Å²) in [7, 11) is 0. The number of guanidine groups is 1. The summed E-state index contributed by atoms with van der Waals surface area (Å²) in [4.78, 5) is 150. The second-order valence-corrected chi connectivity index (χ2v) is 27.9. The third-order valence-corrected chi connectivity index (χ3v) is 19.0. The van der Waals surface area contributed by atoms with Gasteiger partial charge in [-0.1, -0.05) is 88.4 Å². The number of phenolic OH excluding ortho intramolecular Hbond substituents is 1. The molecule has 98 heavy (non-hydrogen) atoms. The molecule has 1 aromatic heterocycles. The van der Waals surface area contributed by atoms with Gasteiger partial charge >= 0.3 is 11.9 Å². The highest BCUT2D eigenvalue weighted by molar-refractivity contribution is 7.98. The van der Waals surface area contributed by atoms with Crippen LogP contribution in [0, 0.1) is 41.4 Å². The first-order valence-corrected chi connectivity index (χ1v) is 36.5. The van der Waals surface area contributed by atoms with E-state index < -0.39 is 125 Å². The molecule has 0 spiro atoms. The van der Waals surface area contributed by atoms with Crippen LogP contribution >= 0.6 is 11.8 Å². The number of para-hydroxylation sites is 1. The van der Waals surface area contributed by atoms with Gasteiger partial charge in [-0.25, -0.2) is 0 Å². The van der Waals surface area contributed by atoms with Crippen molar-refractivity contribution >= 4 is 87.1 Å². The van der Waals surface area contributed by atoms with Gasteiger partial charge in [0.05, 0.1) is 50.3 Å². The van der Waals surface area contributed by atoms with Crippen LogP contribution in [0.1, 0.15) is 154 Å². The van der Waals surface area contributed by atoms with E-state index in [4.69, 9.17) is 16.6 Å². The van der Waals surface area contributed by atoms with Crippen molar-refractivity contribution in [3.8, 4) is 5.75 Å². The zero-order valence-corrected chi connectivity index (χ0v) is 59.4. The standard InChI is InChI=1S/C73H110N12O12S/c1-45(2)56(71(95)83-60(30-35-98-5)64(89)42-52(38-53-44-81-58-24-10-9-22-55(53)58)69(93)82-59(25-13-16-33-76)63(88)40-50(72(96)97)20-11-14-31-74)43-66(91)67(46(3)4)85-70(94)51(36-48-26-28-54(86)29-27-48)41-65(90)61(37-47-18-7-6-8-19-47)84-68(92)49(21-17-34-80-73(78)79)39-62(87)57(77)23-12-15-32-75/h6-10,18-19,22,24,26-29,44-46,49-52,56-57,59-61,67,81,86H,11-17,20-21,23,25,30-43,74-77H2,1-5H3,(H,82,93)(H,83,95)(H,84,92)(H,85,94)(H,96,97)(H4,78,79,80)/p+6/t49-,50+,51-,52-,56+,57+,59+,60+,61+,67+/m1/s1.